The van der Waals surface area contributed by atoms with Crippen LogP contribution in [0.2, 0.25) is 0 Å². The van der Waals surface area contributed by atoms with Crippen molar-refractivity contribution in [3.05, 3.63) is 52.8 Å². The Morgan fingerprint density at radius 2 is 2.00 bits per heavy atom. The molecular formula is C14H13BrN2O2. The number of benzene rings is 1. The maximum absolute atomic E-state index is 12.3. The molecular weight excluding hydrogens is 308 g/mol. The Hall–Kier alpha value is -1.88. The monoisotopic (exact) mass is 320 g/mol. The molecule has 0 aliphatic rings. The van der Waals surface area contributed by atoms with E-state index in [1.807, 2.05) is 24.3 Å². The fourth-order valence-corrected chi connectivity index (χ4v) is 1.92. The summed E-state index contributed by atoms with van der Waals surface area (Å²) < 4.78 is 6.09. The third-order valence-electron chi connectivity index (χ3n) is 2.70. The molecule has 1 heterocycles. The highest BCUT2D eigenvalue weighted by atomic mass is 79.9. The molecule has 0 aliphatic heterocycles. The highest BCUT2D eigenvalue weighted by Crippen LogP contribution is 2.27. The Bertz CT molecular complexity index is 584. The number of hydrogen-bond acceptors (Lipinski definition) is 3. The van der Waals surface area contributed by atoms with Crippen molar-refractivity contribution in [3.63, 3.8) is 0 Å². The van der Waals surface area contributed by atoms with Gasteiger partial charge >= 0.3 is 0 Å². The van der Waals surface area contributed by atoms with Crippen LogP contribution in [0.4, 0.5) is 5.69 Å². The molecule has 98 valence electrons. The van der Waals surface area contributed by atoms with Crippen molar-refractivity contribution in [1.82, 2.24) is 4.98 Å². The molecule has 1 aromatic heterocycles. The Morgan fingerprint density at radius 1 is 1.26 bits per heavy atom. The molecule has 1 aromatic carbocycles. The number of carbonyl (C=O) groups excluding carboxylic acids is 1. The lowest BCUT2D eigenvalue weighted by atomic mass is 10.2. The molecule has 1 amide bonds. The molecule has 0 radical (unpaired) electrons. The number of nitrogens with zero attached hydrogens (tertiary/aromatic N) is 2. The maximum Gasteiger partial charge on any atom is 0.276 e. The van der Waals surface area contributed by atoms with E-state index >= 15 is 0 Å². The first-order valence-corrected chi connectivity index (χ1v) is 6.45. The number of halogens is 1. The van der Waals surface area contributed by atoms with E-state index in [0.717, 1.165) is 4.47 Å². The standard InChI is InChI=1S/C14H13BrN2O2/c1-17(12-5-3-4-6-13(12)19-2)14(18)11-8-7-10(15)9-16-11/h3-9H,1-2H3. The number of pyridine rings is 1. The predicted molar refractivity (Wildman–Crippen MR) is 77.7 cm³/mol. The molecule has 2 rings (SSSR count). The maximum atomic E-state index is 12.3. The van der Waals surface area contributed by atoms with Crippen molar-refractivity contribution >= 4 is 27.5 Å². The molecule has 0 bridgehead atoms. The Kier molecular flexibility index (Phi) is 4.16. The van der Waals surface area contributed by atoms with Gasteiger partial charge in [-0.2, -0.15) is 0 Å². The van der Waals surface area contributed by atoms with Gasteiger partial charge < -0.3 is 9.64 Å². The second-order valence-corrected chi connectivity index (χ2v) is 4.81. The lowest BCUT2D eigenvalue weighted by molar-refractivity contribution is 0.0987. The van der Waals surface area contributed by atoms with Crippen LogP contribution in [-0.4, -0.2) is 25.0 Å². The number of aromatic nitrogens is 1. The molecule has 0 saturated carbocycles. The fraction of sp³-hybridized carbons (Fsp3) is 0.143. The summed E-state index contributed by atoms with van der Waals surface area (Å²) in [5, 5.41) is 0. The van der Waals surface area contributed by atoms with Gasteiger partial charge in [-0.05, 0) is 40.2 Å². The number of methoxy groups -OCH3 is 1. The normalized spacial score (nSPS) is 10.1. The van der Waals surface area contributed by atoms with Gasteiger partial charge in [-0.3, -0.25) is 4.79 Å². The number of hydrogen-bond donors (Lipinski definition) is 0. The minimum Gasteiger partial charge on any atom is -0.495 e. The van der Waals surface area contributed by atoms with E-state index in [1.165, 1.54) is 4.90 Å². The highest BCUT2D eigenvalue weighted by Gasteiger charge is 2.17. The summed E-state index contributed by atoms with van der Waals surface area (Å²) in [4.78, 5) is 17.9. The van der Waals surface area contributed by atoms with E-state index in [1.54, 1.807) is 32.5 Å². The van der Waals surface area contributed by atoms with Crippen LogP contribution >= 0.6 is 15.9 Å². The first-order chi connectivity index (χ1) is 9.13. The Balaban J connectivity index is 2.30. The highest BCUT2D eigenvalue weighted by molar-refractivity contribution is 9.10. The van der Waals surface area contributed by atoms with Crippen molar-refractivity contribution in [1.29, 1.82) is 0 Å². The van der Waals surface area contributed by atoms with Crippen molar-refractivity contribution in [2.45, 2.75) is 0 Å². The van der Waals surface area contributed by atoms with Gasteiger partial charge in [-0.1, -0.05) is 12.1 Å². The zero-order valence-electron chi connectivity index (χ0n) is 10.6. The van der Waals surface area contributed by atoms with Crippen molar-refractivity contribution in [3.8, 4) is 5.75 Å². The van der Waals surface area contributed by atoms with Crippen LogP contribution in [0.5, 0.6) is 5.75 Å². The number of anilines is 1. The van der Waals surface area contributed by atoms with Crippen molar-refractivity contribution < 1.29 is 9.53 Å². The summed E-state index contributed by atoms with van der Waals surface area (Å²) in [6, 6.07) is 10.8. The Labute approximate surface area is 120 Å². The van der Waals surface area contributed by atoms with E-state index in [4.69, 9.17) is 4.74 Å². The topological polar surface area (TPSA) is 42.4 Å². The van der Waals surface area contributed by atoms with Gasteiger partial charge in [0.05, 0.1) is 12.8 Å². The zero-order chi connectivity index (χ0) is 13.8. The largest absolute Gasteiger partial charge is 0.495 e. The second kappa shape index (κ2) is 5.84. The third-order valence-corrected chi connectivity index (χ3v) is 3.17. The van der Waals surface area contributed by atoms with Crippen LogP contribution in [0, 0.1) is 0 Å². The van der Waals surface area contributed by atoms with Crippen LogP contribution in [0.1, 0.15) is 10.5 Å². The van der Waals surface area contributed by atoms with Gasteiger partial charge in [-0.25, -0.2) is 4.98 Å². The summed E-state index contributed by atoms with van der Waals surface area (Å²) in [6.07, 6.45) is 1.60. The van der Waals surface area contributed by atoms with E-state index in [2.05, 4.69) is 20.9 Å². The van der Waals surface area contributed by atoms with Gasteiger partial charge in [0.1, 0.15) is 11.4 Å². The summed E-state index contributed by atoms with van der Waals surface area (Å²) >= 11 is 3.29. The summed E-state index contributed by atoms with van der Waals surface area (Å²) in [5.41, 5.74) is 1.09. The number of carbonyl (C=O) groups is 1. The number of ether oxygens (including phenoxy) is 1. The second-order valence-electron chi connectivity index (χ2n) is 3.90. The molecule has 4 nitrogen and oxygen atoms in total. The lowest BCUT2D eigenvalue weighted by Crippen LogP contribution is -2.27. The van der Waals surface area contributed by atoms with Crippen molar-refractivity contribution in [2.24, 2.45) is 0 Å². The van der Waals surface area contributed by atoms with E-state index in [-0.39, 0.29) is 5.91 Å². The molecule has 0 N–H and O–H groups in total. The van der Waals surface area contributed by atoms with E-state index in [9.17, 15) is 4.79 Å². The average Bonchev–Trinajstić information content (AvgIpc) is 2.46. The first kappa shape index (κ1) is 13.5. The molecule has 2 aromatic rings. The van der Waals surface area contributed by atoms with Gasteiger partial charge in [0.15, 0.2) is 0 Å². The van der Waals surface area contributed by atoms with E-state index in [0.29, 0.717) is 17.1 Å². The molecule has 0 fully saturated rings. The summed E-state index contributed by atoms with van der Waals surface area (Å²) in [6.45, 7) is 0. The van der Waals surface area contributed by atoms with Crippen molar-refractivity contribution in [2.75, 3.05) is 19.1 Å². The Morgan fingerprint density at radius 3 is 2.63 bits per heavy atom. The number of amides is 1. The first-order valence-electron chi connectivity index (χ1n) is 5.66. The van der Waals surface area contributed by atoms with Crippen LogP contribution in [-0.2, 0) is 0 Å². The molecule has 0 saturated heterocycles. The van der Waals surface area contributed by atoms with Gasteiger partial charge in [0.25, 0.3) is 5.91 Å². The smallest absolute Gasteiger partial charge is 0.276 e. The van der Waals surface area contributed by atoms with Crippen LogP contribution in [0.25, 0.3) is 0 Å². The van der Waals surface area contributed by atoms with Crippen LogP contribution in [0.15, 0.2) is 47.1 Å². The van der Waals surface area contributed by atoms with Gasteiger partial charge in [0, 0.05) is 17.7 Å². The summed E-state index contributed by atoms with van der Waals surface area (Å²) in [7, 11) is 3.28. The minimum atomic E-state index is -0.183. The van der Waals surface area contributed by atoms with Gasteiger partial charge in [0.2, 0.25) is 0 Å². The average molecular weight is 321 g/mol. The molecule has 5 heteroatoms. The predicted octanol–water partition coefficient (Wildman–Crippen LogP) is 3.13. The molecule has 0 atom stereocenters. The zero-order valence-corrected chi connectivity index (χ0v) is 12.2. The quantitative estimate of drug-likeness (QED) is 0.872. The van der Waals surface area contributed by atoms with Crippen LogP contribution < -0.4 is 9.64 Å². The van der Waals surface area contributed by atoms with Gasteiger partial charge in [-0.15, -0.1) is 0 Å². The third kappa shape index (κ3) is 2.93. The molecule has 0 aliphatic carbocycles. The molecule has 0 unspecified atom stereocenters. The SMILES string of the molecule is COc1ccccc1N(C)C(=O)c1ccc(Br)cn1. The molecule has 0 spiro atoms. The van der Waals surface area contributed by atoms with E-state index < -0.39 is 0 Å². The summed E-state index contributed by atoms with van der Waals surface area (Å²) in [5.74, 6) is 0.465. The van der Waals surface area contributed by atoms with Crippen LogP contribution in [0.3, 0.4) is 0 Å². The number of para-hydroxylation sites is 2. The minimum absolute atomic E-state index is 0.183. The lowest BCUT2D eigenvalue weighted by Gasteiger charge is -2.19. The molecule has 19 heavy (non-hydrogen) atoms. The fourth-order valence-electron chi connectivity index (χ4n) is 1.69. The number of rotatable bonds is 3.